The second-order valence-corrected chi connectivity index (χ2v) is 5.23. The van der Waals surface area contributed by atoms with Gasteiger partial charge in [0.15, 0.2) is 0 Å². The molecule has 2 atom stereocenters. The van der Waals surface area contributed by atoms with Gasteiger partial charge in [-0.05, 0) is 43.9 Å². The quantitative estimate of drug-likeness (QED) is 0.693. The van der Waals surface area contributed by atoms with Gasteiger partial charge in [0.05, 0.1) is 0 Å². The lowest BCUT2D eigenvalue weighted by Crippen LogP contribution is -2.28. The Morgan fingerprint density at radius 1 is 1.47 bits per heavy atom. The van der Waals surface area contributed by atoms with Crippen LogP contribution in [-0.4, -0.2) is 0 Å². The first-order valence-electron chi connectivity index (χ1n) is 5.92. The van der Waals surface area contributed by atoms with Gasteiger partial charge in [-0.15, -0.1) is 0 Å². The zero-order valence-corrected chi connectivity index (χ0v) is 9.79. The van der Waals surface area contributed by atoms with E-state index in [9.17, 15) is 0 Å². The summed E-state index contributed by atoms with van der Waals surface area (Å²) in [5.74, 6) is 0.639. The molecule has 2 aliphatic rings. The van der Waals surface area contributed by atoms with Gasteiger partial charge < -0.3 is 5.73 Å². The molecule has 1 unspecified atom stereocenters. The van der Waals surface area contributed by atoms with Crippen LogP contribution >= 0.6 is 0 Å². The van der Waals surface area contributed by atoms with Crippen LogP contribution in [0.4, 0.5) is 0 Å². The van der Waals surface area contributed by atoms with E-state index >= 15 is 0 Å². The molecule has 0 saturated heterocycles. The minimum Gasteiger partial charge on any atom is -0.402 e. The van der Waals surface area contributed by atoms with E-state index in [1.807, 2.05) is 0 Å². The van der Waals surface area contributed by atoms with Gasteiger partial charge in [-0.25, -0.2) is 0 Å². The van der Waals surface area contributed by atoms with Crippen LogP contribution in [0.25, 0.3) is 0 Å². The Hall–Kier alpha value is -0.980. The molecule has 2 aliphatic carbocycles. The highest BCUT2D eigenvalue weighted by Crippen LogP contribution is 2.42. The van der Waals surface area contributed by atoms with Crippen LogP contribution in [0.15, 0.2) is 35.6 Å². The van der Waals surface area contributed by atoms with Crippen molar-refractivity contribution in [2.45, 2.75) is 39.5 Å². The number of hydrogen-bond donors (Lipinski definition) is 1. The van der Waals surface area contributed by atoms with E-state index in [0.717, 1.165) is 12.1 Å². The van der Waals surface area contributed by atoms with Crippen molar-refractivity contribution in [3.63, 3.8) is 0 Å². The maximum Gasteiger partial charge on any atom is 0.00457 e. The van der Waals surface area contributed by atoms with Crippen LogP contribution in [-0.2, 0) is 0 Å². The largest absolute Gasteiger partial charge is 0.402 e. The lowest BCUT2D eigenvalue weighted by atomic mass is 9.68. The molecule has 0 aromatic rings. The minimum atomic E-state index is 0.288. The summed E-state index contributed by atoms with van der Waals surface area (Å²) in [4.78, 5) is 0. The summed E-state index contributed by atoms with van der Waals surface area (Å²) in [6.45, 7) is 4.52. The smallest absolute Gasteiger partial charge is 0.00457 e. The second kappa shape index (κ2) is 3.88. The van der Waals surface area contributed by atoms with Gasteiger partial charge >= 0.3 is 0 Å². The number of rotatable bonds is 1. The van der Waals surface area contributed by atoms with E-state index in [1.54, 1.807) is 0 Å². The van der Waals surface area contributed by atoms with Crippen molar-refractivity contribution in [1.82, 2.24) is 0 Å². The van der Waals surface area contributed by atoms with Crippen LogP contribution in [0.2, 0.25) is 0 Å². The molecule has 1 nitrogen and oxygen atoms in total. The summed E-state index contributed by atoms with van der Waals surface area (Å²) in [5.41, 5.74) is 8.73. The molecule has 0 bridgehead atoms. The number of hydrogen-bond acceptors (Lipinski definition) is 1. The van der Waals surface area contributed by atoms with Crippen LogP contribution in [0.5, 0.6) is 0 Å². The second-order valence-electron chi connectivity index (χ2n) is 5.23. The molecule has 2 N–H and O–H groups in total. The van der Waals surface area contributed by atoms with Crippen molar-refractivity contribution in [3.05, 3.63) is 35.6 Å². The lowest BCUT2D eigenvalue weighted by molar-refractivity contribution is 0.262. The Bertz CT molecular complexity index is 335. The zero-order valence-electron chi connectivity index (χ0n) is 9.79. The molecule has 0 aliphatic heterocycles. The van der Waals surface area contributed by atoms with Crippen molar-refractivity contribution in [2.24, 2.45) is 17.1 Å². The van der Waals surface area contributed by atoms with Crippen molar-refractivity contribution in [1.29, 1.82) is 0 Å². The first-order chi connectivity index (χ1) is 7.10. The van der Waals surface area contributed by atoms with E-state index in [2.05, 4.69) is 38.2 Å². The summed E-state index contributed by atoms with van der Waals surface area (Å²) in [6, 6.07) is 0. The highest BCUT2D eigenvalue weighted by atomic mass is 14.6. The Kier molecular flexibility index (Phi) is 2.72. The third kappa shape index (κ3) is 2.17. The fraction of sp³-hybridized carbons (Fsp3) is 0.571. The topological polar surface area (TPSA) is 26.0 Å². The van der Waals surface area contributed by atoms with E-state index in [0.29, 0.717) is 5.92 Å². The molecule has 0 fully saturated rings. The third-order valence-electron chi connectivity index (χ3n) is 3.83. The average molecular weight is 203 g/mol. The highest BCUT2D eigenvalue weighted by molar-refractivity contribution is 5.25. The van der Waals surface area contributed by atoms with Crippen LogP contribution in [0.1, 0.15) is 39.5 Å². The molecule has 15 heavy (non-hydrogen) atoms. The fourth-order valence-electron chi connectivity index (χ4n) is 2.75. The van der Waals surface area contributed by atoms with Gasteiger partial charge in [-0.1, -0.05) is 36.8 Å². The standard InChI is InChI=1S/C14H21N/c1-11-5-7-12(8-6-11)14(2)9-3-4-13(15)10-14/h5-7,10,12H,3-4,8-9,15H2,1-2H3/t12?,14-/m0/s1. The monoisotopic (exact) mass is 203 g/mol. The summed E-state index contributed by atoms with van der Waals surface area (Å²) < 4.78 is 0. The zero-order chi connectivity index (χ0) is 10.9. The van der Waals surface area contributed by atoms with Crippen LogP contribution < -0.4 is 5.73 Å². The predicted molar refractivity (Wildman–Crippen MR) is 65.2 cm³/mol. The normalized spacial score (nSPS) is 36.0. The van der Waals surface area contributed by atoms with Gasteiger partial charge in [-0.2, -0.15) is 0 Å². The molecule has 2 rings (SSSR count). The van der Waals surface area contributed by atoms with Crippen LogP contribution in [0, 0.1) is 11.3 Å². The molecular formula is C14H21N. The van der Waals surface area contributed by atoms with Crippen LogP contribution in [0.3, 0.4) is 0 Å². The lowest BCUT2D eigenvalue weighted by Gasteiger charge is -2.37. The number of allylic oxidation sites excluding steroid dienone is 6. The molecule has 0 heterocycles. The van der Waals surface area contributed by atoms with E-state index in [4.69, 9.17) is 5.73 Å². The number of nitrogens with two attached hydrogens (primary N) is 1. The SMILES string of the molecule is CC1=CCC([C@]2(C)C=C(N)CCC2)C=C1. The minimum absolute atomic E-state index is 0.288. The van der Waals surface area contributed by atoms with Gasteiger partial charge in [0.1, 0.15) is 0 Å². The Morgan fingerprint density at radius 3 is 2.87 bits per heavy atom. The van der Waals surface area contributed by atoms with Crippen molar-refractivity contribution >= 4 is 0 Å². The fourth-order valence-corrected chi connectivity index (χ4v) is 2.75. The maximum atomic E-state index is 5.97. The third-order valence-corrected chi connectivity index (χ3v) is 3.83. The molecule has 0 amide bonds. The first kappa shape index (κ1) is 10.5. The Labute approximate surface area is 92.7 Å². The summed E-state index contributed by atoms with van der Waals surface area (Å²) in [6.07, 6.45) is 14.0. The summed E-state index contributed by atoms with van der Waals surface area (Å²) >= 11 is 0. The molecule has 0 aromatic heterocycles. The molecule has 1 heteroatoms. The van der Waals surface area contributed by atoms with Crippen molar-refractivity contribution < 1.29 is 0 Å². The van der Waals surface area contributed by atoms with Gasteiger partial charge in [0.2, 0.25) is 0 Å². The summed E-state index contributed by atoms with van der Waals surface area (Å²) in [5, 5.41) is 0. The average Bonchev–Trinajstić information content (AvgIpc) is 2.18. The molecule has 0 radical (unpaired) electrons. The summed E-state index contributed by atoms with van der Waals surface area (Å²) in [7, 11) is 0. The predicted octanol–water partition coefficient (Wildman–Crippen LogP) is 3.54. The molecule has 0 aromatic carbocycles. The molecule has 82 valence electrons. The maximum absolute atomic E-state index is 5.97. The molecular weight excluding hydrogens is 182 g/mol. The van der Waals surface area contributed by atoms with Gasteiger partial charge in [0.25, 0.3) is 0 Å². The van der Waals surface area contributed by atoms with E-state index in [-0.39, 0.29) is 5.41 Å². The van der Waals surface area contributed by atoms with Crippen molar-refractivity contribution in [2.75, 3.05) is 0 Å². The molecule has 0 saturated carbocycles. The molecule has 0 spiro atoms. The van der Waals surface area contributed by atoms with Gasteiger partial charge in [0, 0.05) is 5.70 Å². The van der Waals surface area contributed by atoms with Gasteiger partial charge in [-0.3, -0.25) is 0 Å². The van der Waals surface area contributed by atoms with E-state index in [1.165, 1.54) is 24.8 Å². The Balaban J connectivity index is 2.17. The van der Waals surface area contributed by atoms with Crippen molar-refractivity contribution in [3.8, 4) is 0 Å². The highest BCUT2D eigenvalue weighted by Gasteiger charge is 2.32. The van der Waals surface area contributed by atoms with E-state index < -0.39 is 0 Å². The Morgan fingerprint density at radius 2 is 2.27 bits per heavy atom. The first-order valence-corrected chi connectivity index (χ1v) is 5.92.